The molecule has 0 saturated carbocycles. The Kier molecular flexibility index (Phi) is 10.8. The minimum absolute atomic E-state index is 0.229. The zero-order valence-electron chi connectivity index (χ0n) is 18.0. The number of carbonyl (C=O) groups is 2. The summed E-state index contributed by atoms with van der Waals surface area (Å²) in [5, 5.41) is 5.41. The van der Waals surface area contributed by atoms with Crippen molar-refractivity contribution in [1.29, 1.82) is 0 Å². The summed E-state index contributed by atoms with van der Waals surface area (Å²) in [5.74, 6) is 0.927. The number of amides is 2. The number of alkyl carbamates (subject to hydrolysis) is 1. The monoisotopic (exact) mass is 416 g/mol. The summed E-state index contributed by atoms with van der Waals surface area (Å²) in [6.45, 7) is 14.2. The standard InChI is InChI=1S/C23H32N2O5/c1-6-15-28-19-11-9-18(17-20(19)29-16-7-2)10-12-21(26)24-13-8-14-25-22(27)30-23(3,4)5/h6-7,9-12,17H,1-2,8,13-16H2,3-5H3,(H,24,26)(H,25,27). The maximum Gasteiger partial charge on any atom is 0.407 e. The van der Waals surface area contributed by atoms with Crippen LogP contribution in [-0.2, 0) is 9.53 Å². The Labute approximate surface area is 178 Å². The van der Waals surface area contributed by atoms with Crippen molar-refractivity contribution in [3.63, 3.8) is 0 Å². The topological polar surface area (TPSA) is 85.9 Å². The Hall–Kier alpha value is -3.22. The zero-order chi connectivity index (χ0) is 22.4. The van der Waals surface area contributed by atoms with Crippen molar-refractivity contribution in [3.8, 4) is 11.5 Å². The van der Waals surface area contributed by atoms with Gasteiger partial charge in [0.25, 0.3) is 0 Å². The highest BCUT2D eigenvalue weighted by Gasteiger charge is 2.15. The van der Waals surface area contributed by atoms with Crippen LogP contribution in [0.3, 0.4) is 0 Å². The first-order valence-electron chi connectivity index (χ1n) is 9.79. The molecule has 0 aromatic heterocycles. The zero-order valence-corrected chi connectivity index (χ0v) is 18.0. The van der Waals surface area contributed by atoms with E-state index in [-0.39, 0.29) is 5.91 Å². The fraction of sp³-hybridized carbons (Fsp3) is 0.391. The lowest BCUT2D eigenvalue weighted by Gasteiger charge is -2.19. The Morgan fingerprint density at radius 3 is 2.27 bits per heavy atom. The molecule has 0 saturated heterocycles. The van der Waals surface area contributed by atoms with Gasteiger partial charge < -0.3 is 24.8 Å². The van der Waals surface area contributed by atoms with Crippen LogP contribution >= 0.6 is 0 Å². The molecular weight excluding hydrogens is 384 g/mol. The van der Waals surface area contributed by atoms with Gasteiger partial charge in [-0.2, -0.15) is 0 Å². The summed E-state index contributed by atoms with van der Waals surface area (Å²) in [4.78, 5) is 23.5. The number of hydrogen-bond donors (Lipinski definition) is 2. The molecule has 0 aliphatic carbocycles. The molecule has 0 bridgehead atoms. The minimum Gasteiger partial charge on any atom is -0.486 e. The van der Waals surface area contributed by atoms with Crippen LogP contribution in [0.1, 0.15) is 32.8 Å². The molecule has 0 aliphatic heterocycles. The molecule has 0 atom stereocenters. The van der Waals surface area contributed by atoms with Crippen LogP contribution in [0.4, 0.5) is 4.79 Å². The quantitative estimate of drug-likeness (QED) is 0.307. The van der Waals surface area contributed by atoms with E-state index in [0.717, 1.165) is 5.56 Å². The first-order valence-corrected chi connectivity index (χ1v) is 9.79. The van der Waals surface area contributed by atoms with Gasteiger partial charge in [-0.15, -0.1) is 0 Å². The number of nitrogens with one attached hydrogen (secondary N) is 2. The lowest BCUT2D eigenvalue weighted by Crippen LogP contribution is -2.34. The smallest absolute Gasteiger partial charge is 0.407 e. The molecule has 7 nitrogen and oxygen atoms in total. The first-order chi connectivity index (χ1) is 14.2. The second kappa shape index (κ2) is 13.1. The van der Waals surface area contributed by atoms with Gasteiger partial charge in [0.1, 0.15) is 18.8 Å². The van der Waals surface area contributed by atoms with Crippen LogP contribution in [0.15, 0.2) is 49.6 Å². The first kappa shape index (κ1) is 24.8. The maximum atomic E-state index is 12.0. The Bertz CT molecular complexity index is 750. The molecule has 1 aromatic carbocycles. The normalized spacial score (nSPS) is 10.9. The summed E-state index contributed by atoms with van der Waals surface area (Å²) in [6.07, 6.45) is 6.55. The van der Waals surface area contributed by atoms with Crippen LogP contribution in [0.5, 0.6) is 11.5 Å². The largest absolute Gasteiger partial charge is 0.486 e. The van der Waals surface area contributed by atoms with Gasteiger partial charge >= 0.3 is 6.09 Å². The molecule has 0 unspecified atom stereocenters. The Morgan fingerprint density at radius 1 is 1.00 bits per heavy atom. The van der Waals surface area contributed by atoms with E-state index < -0.39 is 11.7 Å². The fourth-order valence-electron chi connectivity index (χ4n) is 2.19. The predicted molar refractivity (Wildman–Crippen MR) is 119 cm³/mol. The van der Waals surface area contributed by atoms with E-state index in [0.29, 0.717) is 44.2 Å². The van der Waals surface area contributed by atoms with Gasteiger partial charge in [-0.05, 0) is 51.0 Å². The van der Waals surface area contributed by atoms with Gasteiger partial charge in [-0.3, -0.25) is 4.79 Å². The second-order valence-corrected chi connectivity index (χ2v) is 7.31. The number of ether oxygens (including phenoxy) is 3. The molecule has 0 fully saturated rings. The van der Waals surface area contributed by atoms with Crippen molar-refractivity contribution in [3.05, 3.63) is 55.1 Å². The van der Waals surface area contributed by atoms with Crippen molar-refractivity contribution in [2.45, 2.75) is 32.8 Å². The molecule has 0 heterocycles. The van der Waals surface area contributed by atoms with Crippen LogP contribution in [0.25, 0.3) is 6.08 Å². The Balaban J connectivity index is 2.47. The molecule has 7 heteroatoms. The maximum absolute atomic E-state index is 12.0. The predicted octanol–water partition coefficient (Wildman–Crippen LogP) is 3.86. The SMILES string of the molecule is C=CCOc1ccc(C=CC(=O)NCCCNC(=O)OC(C)(C)C)cc1OCC=C. The highest BCUT2D eigenvalue weighted by atomic mass is 16.6. The molecule has 30 heavy (non-hydrogen) atoms. The third-order valence-corrected chi connectivity index (χ3v) is 3.43. The highest BCUT2D eigenvalue weighted by Crippen LogP contribution is 2.29. The van der Waals surface area contributed by atoms with E-state index in [1.807, 2.05) is 6.07 Å². The van der Waals surface area contributed by atoms with E-state index in [2.05, 4.69) is 23.8 Å². The molecule has 1 rings (SSSR count). The summed E-state index contributed by atoms with van der Waals surface area (Å²) < 4.78 is 16.3. The Morgan fingerprint density at radius 2 is 1.63 bits per heavy atom. The van der Waals surface area contributed by atoms with Crippen molar-refractivity contribution in [2.24, 2.45) is 0 Å². The number of benzene rings is 1. The fourth-order valence-corrected chi connectivity index (χ4v) is 2.19. The average Bonchev–Trinajstić information content (AvgIpc) is 2.68. The summed E-state index contributed by atoms with van der Waals surface area (Å²) in [7, 11) is 0. The van der Waals surface area contributed by atoms with Gasteiger partial charge in [-0.25, -0.2) is 4.79 Å². The van der Waals surface area contributed by atoms with E-state index in [1.54, 1.807) is 51.1 Å². The summed E-state index contributed by atoms with van der Waals surface area (Å²) in [5.41, 5.74) is 0.261. The lowest BCUT2D eigenvalue weighted by atomic mass is 10.2. The molecular formula is C23H32N2O5. The van der Waals surface area contributed by atoms with Gasteiger partial charge in [-0.1, -0.05) is 31.4 Å². The minimum atomic E-state index is -0.532. The molecule has 0 aliphatic rings. The molecule has 164 valence electrons. The van der Waals surface area contributed by atoms with Crippen molar-refractivity contribution in [2.75, 3.05) is 26.3 Å². The van der Waals surface area contributed by atoms with Crippen LogP contribution in [0, 0.1) is 0 Å². The van der Waals surface area contributed by atoms with Gasteiger partial charge in [0.2, 0.25) is 5.91 Å². The van der Waals surface area contributed by atoms with E-state index in [1.165, 1.54) is 6.08 Å². The van der Waals surface area contributed by atoms with Crippen LogP contribution < -0.4 is 20.1 Å². The van der Waals surface area contributed by atoms with Crippen LogP contribution in [0.2, 0.25) is 0 Å². The lowest BCUT2D eigenvalue weighted by molar-refractivity contribution is -0.116. The third-order valence-electron chi connectivity index (χ3n) is 3.43. The van der Waals surface area contributed by atoms with E-state index in [4.69, 9.17) is 14.2 Å². The number of hydrogen-bond acceptors (Lipinski definition) is 5. The highest BCUT2D eigenvalue weighted by molar-refractivity contribution is 5.91. The molecule has 0 spiro atoms. The van der Waals surface area contributed by atoms with Gasteiger partial charge in [0.15, 0.2) is 11.5 Å². The van der Waals surface area contributed by atoms with Crippen molar-refractivity contribution in [1.82, 2.24) is 10.6 Å². The van der Waals surface area contributed by atoms with Crippen molar-refractivity contribution < 1.29 is 23.8 Å². The van der Waals surface area contributed by atoms with Gasteiger partial charge in [0.05, 0.1) is 0 Å². The molecule has 2 N–H and O–H groups in total. The number of carbonyl (C=O) groups excluding carboxylic acids is 2. The second-order valence-electron chi connectivity index (χ2n) is 7.31. The molecule has 2 amide bonds. The summed E-state index contributed by atoms with van der Waals surface area (Å²) >= 11 is 0. The molecule has 0 radical (unpaired) electrons. The van der Waals surface area contributed by atoms with Crippen molar-refractivity contribution >= 4 is 18.1 Å². The van der Waals surface area contributed by atoms with Crippen LogP contribution in [-0.4, -0.2) is 43.9 Å². The number of rotatable bonds is 12. The molecule has 1 aromatic rings. The van der Waals surface area contributed by atoms with E-state index >= 15 is 0 Å². The summed E-state index contributed by atoms with van der Waals surface area (Å²) in [6, 6.07) is 5.39. The van der Waals surface area contributed by atoms with E-state index in [9.17, 15) is 9.59 Å². The average molecular weight is 417 g/mol. The van der Waals surface area contributed by atoms with Gasteiger partial charge in [0, 0.05) is 19.2 Å². The third kappa shape index (κ3) is 10.9.